The van der Waals surface area contributed by atoms with Crippen LogP contribution in [0.2, 0.25) is 0 Å². The van der Waals surface area contributed by atoms with Gasteiger partial charge < -0.3 is 14.8 Å². The molecular formula is C28H32N4O4. The van der Waals surface area contributed by atoms with Crippen LogP contribution in [0.3, 0.4) is 0 Å². The number of allylic oxidation sites excluding steroid dienone is 2. The number of methoxy groups -OCH3 is 2. The first-order valence-corrected chi connectivity index (χ1v) is 12.4. The smallest absolute Gasteiger partial charge is 0.247 e. The van der Waals surface area contributed by atoms with Crippen LogP contribution in [-0.4, -0.2) is 61.3 Å². The van der Waals surface area contributed by atoms with Crippen molar-refractivity contribution < 1.29 is 19.1 Å². The second kappa shape index (κ2) is 10.5. The van der Waals surface area contributed by atoms with Crippen molar-refractivity contribution in [3.05, 3.63) is 71.3 Å². The summed E-state index contributed by atoms with van der Waals surface area (Å²) in [6.45, 7) is 3.10. The normalized spacial score (nSPS) is 22.1. The van der Waals surface area contributed by atoms with E-state index in [-0.39, 0.29) is 23.7 Å². The SMILES string of the molecule is COc1ccc(C2=NN(Cc3ccc(CN4CCNC(=O)C4)cc3)C(=O)[C@@H]3CC=CC[C@H]23)cc1OC. The van der Waals surface area contributed by atoms with Crippen LogP contribution in [0.15, 0.2) is 59.7 Å². The average Bonchev–Trinajstić information content (AvgIpc) is 2.91. The van der Waals surface area contributed by atoms with Crippen LogP contribution >= 0.6 is 0 Å². The molecule has 0 bridgehead atoms. The number of hydrazone groups is 1. The summed E-state index contributed by atoms with van der Waals surface area (Å²) in [7, 11) is 3.24. The van der Waals surface area contributed by atoms with E-state index in [2.05, 4.69) is 34.5 Å². The molecule has 2 aromatic rings. The lowest BCUT2D eigenvalue weighted by Crippen LogP contribution is -2.47. The lowest BCUT2D eigenvalue weighted by atomic mass is 9.76. The Kier molecular flexibility index (Phi) is 7.04. The molecule has 2 aromatic carbocycles. The van der Waals surface area contributed by atoms with Gasteiger partial charge in [0.25, 0.3) is 0 Å². The number of amides is 2. The average molecular weight is 489 g/mol. The molecule has 0 saturated carbocycles. The molecule has 0 unspecified atom stereocenters. The Morgan fingerprint density at radius 2 is 1.61 bits per heavy atom. The molecular weight excluding hydrogens is 456 g/mol. The number of nitrogens with one attached hydrogen (secondary N) is 1. The van der Waals surface area contributed by atoms with Crippen LogP contribution < -0.4 is 14.8 Å². The molecule has 1 aliphatic carbocycles. The molecule has 0 aromatic heterocycles. The summed E-state index contributed by atoms with van der Waals surface area (Å²) in [5.74, 6) is 1.36. The van der Waals surface area contributed by atoms with Gasteiger partial charge in [0.2, 0.25) is 11.8 Å². The number of hydrogen-bond acceptors (Lipinski definition) is 6. The summed E-state index contributed by atoms with van der Waals surface area (Å²) in [4.78, 5) is 27.2. The van der Waals surface area contributed by atoms with Gasteiger partial charge in [-0.2, -0.15) is 5.10 Å². The van der Waals surface area contributed by atoms with E-state index in [1.54, 1.807) is 19.2 Å². The summed E-state index contributed by atoms with van der Waals surface area (Å²) in [6.07, 6.45) is 5.75. The van der Waals surface area contributed by atoms with Gasteiger partial charge in [-0.3, -0.25) is 14.5 Å². The Labute approximate surface area is 211 Å². The molecule has 5 rings (SSSR count). The second-order valence-corrected chi connectivity index (χ2v) is 9.48. The van der Waals surface area contributed by atoms with Gasteiger partial charge in [0.15, 0.2) is 11.5 Å². The minimum atomic E-state index is -0.125. The monoisotopic (exact) mass is 488 g/mol. The van der Waals surface area contributed by atoms with Crippen LogP contribution in [0.1, 0.15) is 29.5 Å². The standard InChI is InChI=1S/C28H32N4O4/c1-35-24-12-11-21(15-25(24)36-2)27-22-5-3-4-6-23(22)28(34)32(30-27)17-20-9-7-19(8-10-20)16-31-14-13-29-26(33)18-31/h3-4,7-12,15,22-23H,5-6,13-14,16-18H2,1-2H3,(H,29,33)/t22-,23+/m0/s1. The van der Waals surface area contributed by atoms with Gasteiger partial charge in [0.05, 0.1) is 38.9 Å². The second-order valence-electron chi connectivity index (χ2n) is 9.48. The number of piperazine rings is 1. The Hall–Kier alpha value is -3.65. The first-order chi connectivity index (χ1) is 17.6. The zero-order valence-electron chi connectivity index (χ0n) is 20.8. The zero-order chi connectivity index (χ0) is 25.1. The summed E-state index contributed by atoms with van der Waals surface area (Å²) in [6, 6.07) is 14.0. The first-order valence-electron chi connectivity index (χ1n) is 12.4. The number of carbonyl (C=O) groups excluding carboxylic acids is 2. The maximum atomic E-state index is 13.4. The van der Waals surface area contributed by atoms with Crippen molar-refractivity contribution in [3.63, 3.8) is 0 Å². The highest BCUT2D eigenvalue weighted by Gasteiger charge is 2.40. The van der Waals surface area contributed by atoms with Gasteiger partial charge in [0, 0.05) is 31.1 Å². The van der Waals surface area contributed by atoms with Crippen LogP contribution in [0, 0.1) is 11.8 Å². The predicted octanol–water partition coefficient (Wildman–Crippen LogP) is 2.96. The number of rotatable bonds is 7. The molecule has 8 heteroatoms. The largest absolute Gasteiger partial charge is 0.493 e. The fourth-order valence-corrected chi connectivity index (χ4v) is 5.22. The quantitative estimate of drug-likeness (QED) is 0.606. The lowest BCUT2D eigenvalue weighted by molar-refractivity contribution is -0.138. The third-order valence-corrected chi connectivity index (χ3v) is 7.14. The fraction of sp³-hybridized carbons (Fsp3) is 0.393. The van der Waals surface area contributed by atoms with E-state index in [1.807, 2.05) is 30.3 Å². The van der Waals surface area contributed by atoms with E-state index in [0.29, 0.717) is 37.6 Å². The molecule has 1 N–H and O–H groups in total. The Morgan fingerprint density at radius 1 is 0.917 bits per heavy atom. The van der Waals surface area contributed by atoms with E-state index in [9.17, 15) is 9.59 Å². The Balaban J connectivity index is 1.37. The highest BCUT2D eigenvalue weighted by atomic mass is 16.5. The van der Waals surface area contributed by atoms with Crippen molar-refractivity contribution >= 4 is 17.5 Å². The molecule has 2 aliphatic heterocycles. The zero-order valence-corrected chi connectivity index (χ0v) is 20.8. The maximum Gasteiger partial charge on any atom is 0.247 e. The molecule has 2 amide bonds. The minimum Gasteiger partial charge on any atom is -0.493 e. The van der Waals surface area contributed by atoms with E-state index < -0.39 is 0 Å². The fourth-order valence-electron chi connectivity index (χ4n) is 5.22. The molecule has 2 heterocycles. The Morgan fingerprint density at radius 3 is 2.31 bits per heavy atom. The van der Waals surface area contributed by atoms with Gasteiger partial charge >= 0.3 is 0 Å². The van der Waals surface area contributed by atoms with Crippen molar-refractivity contribution in [2.45, 2.75) is 25.9 Å². The minimum absolute atomic E-state index is 0.0426. The number of nitrogens with zero attached hydrogens (tertiary/aromatic N) is 3. The number of fused-ring (bicyclic) bond motifs is 1. The van der Waals surface area contributed by atoms with Crippen LogP contribution in [-0.2, 0) is 22.7 Å². The highest BCUT2D eigenvalue weighted by Crippen LogP contribution is 2.37. The molecule has 188 valence electrons. The Bertz CT molecular complexity index is 1190. The summed E-state index contributed by atoms with van der Waals surface area (Å²) in [5, 5.41) is 9.36. The number of carbonyl (C=O) groups is 2. The highest BCUT2D eigenvalue weighted by molar-refractivity contribution is 6.07. The number of benzene rings is 2. The molecule has 1 fully saturated rings. The van der Waals surface area contributed by atoms with Gasteiger partial charge in [-0.05, 0) is 42.2 Å². The van der Waals surface area contributed by atoms with Gasteiger partial charge in [-0.15, -0.1) is 0 Å². The van der Waals surface area contributed by atoms with Crippen LogP contribution in [0.5, 0.6) is 11.5 Å². The molecule has 1 saturated heterocycles. The van der Waals surface area contributed by atoms with E-state index >= 15 is 0 Å². The molecule has 3 aliphatic rings. The lowest BCUT2D eigenvalue weighted by Gasteiger charge is -2.37. The van der Waals surface area contributed by atoms with Gasteiger partial charge in [0.1, 0.15) is 0 Å². The van der Waals surface area contributed by atoms with Crippen molar-refractivity contribution in [1.29, 1.82) is 0 Å². The van der Waals surface area contributed by atoms with Crippen LogP contribution in [0.25, 0.3) is 0 Å². The molecule has 8 nitrogen and oxygen atoms in total. The van der Waals surface area contributed by atoms with Crippen molar-refractivity contribution in [2.75, 3.05) is 33.9 Å². The van der Waals surface area contributed by atoms with Crippen molar-refractivity contribution in [1.82, 2.24) is 15.2 Å². The third-order valence-electron chi connectivity index (χ3n) is 7.14. The summed E-state index contributed by atoms with van der Waals surface area (Å²) in [5.41, 5.74) is 4.01. The first kappa shape index (κ1) is 24.1. The van der Waals surface area contributed by atoms with Crippen molar-refractivity contribution in [2.24, 2.45) is 16.9 Å². The topological polar surface area (TPSA) is 83.5 Å². The predicted molar refractivity (Wildman–Crippen MR) is 137 cm³/mol. The molecule has 0 radical (unpaired) electrons. The van der Waals surface area contributed by atoms with Crippen LogP contribution in [0.4, 0.5) is 0 Å². The van der Waals surface area contributed by atoms with Gasteiger partial charge in [-0.1, -0.05) is 36.4 Å². The van der Waals surface area contributed by atoms with E-state index in [1.165, 1.54) is 0 Å². The molecule has 0 spiro atoms. The van der Waals surface area contributed by atoms with E-state index in [0.717, 1.165) is 41.9 Å². The number of hydrogen-bond donors (Lipinski definition) is 1. The van der Waals surface area contributed by atoms with Gasteiger partial charge in [-0.25, -0.2) is 5.01 Å². The molecule has 2 atom stereocenters. The third kappa shape index (κ3) is 4.99. The maximum absolute atomic E-state index is 13.4. The van der Waals surface area contributed by atoms with Crippen molar-refractivity contribution in [3.8, 4) is 11.5 Å². The number of ether oxygens (including phenoxy) is 2. The summed E-state index contributed by atoms with van der Waals surface area (Å²) < 4.78 is 10.9. The summed E-state index contributed by atoms with van der Waals surface area (Å²) >= 11 is 0. The van der Waals surface area contributed by atoms with E-state index in [4.69, 9.17) is 14.6 Å². The molecule has 36 heavy (non-hydrogen) atoms.